The van der Waals surface area contributed by atoms with Crippen molar-refractivity contribution in [3.05, 3.63) is 29.7 Å². The van der Waals surface area contributed by atoms with Crippen LogP contribution in [0.1, 0.15) is 22.7 Å². The number of aldehydes is 1. The van der Waals surface area contributed by atoms with E-state index in [-0.39, 0.29) is 0 Å². The molecule has 1 aromatic heterocycles. The molecule has 13 heavy (non-hydrogen) atoms. The lowest BCUT2D eigenvalue weighted by Crippen LogP contribution is -2.02. The summed E-state index contributed by atoms with van der Waals surface area (Å²) in [4.78, 5) is 10.4. The van der Waals surface area contributed by atoms with Crippen LogP contribution in [0.4, 0.5) is 0 Å². The lowest BCUT2D eigenvalue weighted by molar-refractivity contribution is 0.110. The molecule has 0 saturated heterocycles. The van der Waals surface area contributed by atoms with Crippen LogP contribution in [0.5, 0.6) is 0 Å². The molecule has 0 amide bonds. The third-order valence-electron chi connectivity index (χ3n) is 2.02. The zero-order valence-electron chi connectivity index (χ0n) is 7.16. The number of ether oxygens (including phenoxy) is 1. The number of hydrogen-bond donors (Lipinski definition) is 0. The Balaban J connectivity index is 2.23. The van der Waals surface area contributed by atoms with Crippen LogP contribution in [0.2, 0.25) is 0 Å². The fraction of sp³-hybridized carbons (Fsp3) is 0.300. The van der Waals surface area contributed by atoms with E-state index in [4.69, 9.17) is 9.15 Å². The molecule has 0 bridgehead atoms. The maximum Gasteiger partial charge on any atom is 0.185 e. The quantitative estimate of drug-likeness (QED) is 0.649. The summed E-state index contributed by atoms with van der Waals surface area (Å²) in [6.07, 6.45) is 3.55. The molecular weight excluding hydrogens is 168 g/mol. The fourth-order valence-corrected chi connectivity index (χ4v) is 1.34. The Kier molecular flexibility index (Phi) is 2.27. The third-order valence-corrected chi connectivity index (χ3v) is 2.02. The molecule has 0 fully saturated rings. The number of carbonyl (C=O) groups is 1. The summed E-state index contributed by atoms with van der Waals surface area (Å²) >= 11 is 0. The van der Waals surface area contributed by atoms with Crippen LogP contribution in [0, 0.1) is 0 Å². The SMILES string of the molecule is O=Cc1ccc(C2=CCOCC2)o1. The van der Waals surface area contributed by atoms with Gasteiger partial charge in [-0.05, 0) is 24.1 Å². The van der Waals surface area contributed by atoms with Gasteiger partial charge in [-0.15, -0.1) is 0 Å². The smallest absolute Gasteiger partial charge is 0.185 e. The minimum absolute atomic E-state index is 0.377. The standard InChI is InChI=1S/C10H10O3/c11-7-9-1-2-10(13-9)8-3-5-12-6-4-8/h1-3,7H,4-6H2. The van der Waals surface area contributed by atoms with Crippen LogP contribution in [0.25, 0.3) is 5.57 Å². The van der Waals surface area contributed by atoms with Crippen molar-refractivity contribution in [2.45, 2.75) is 6.42 Å². The Morgan fingerprint density at radius 3 is 2.92 bits per heavy atom. The topological polar surface area (TPSA) is 39.4 Å². The van der Waals surface area contributed by atoms with E-state index in [2.05, 4.69) is 0 Å². The van der Waals surface area contributed by atoms with Gasteiger partial charge in [0, 0.05) is 0 Å². The summed E-state index contributed by atoms with van der Waals surface area (Å²) < 4.78 is 10.4. The summed E-state index contributed by atoms with van der Waals surface area (Å²) in [5, 5.41) is 0. The summed E-state index contributed by atoms with van der Waals surface area (Å²) in [6, 6.07) is 3.50. The Morgan fingerprint density at radius 2 is 2.31 bits per heavy atom. The minimum Gasteiger partial charge on any atom is -0.454 e. The summed E-state index contributed by atoms with van der Waals surface area (Å²) in [5.74, 6) is 1.16. The number of furan rings is 1. The highest BCUT2D eigenvalue weighted by atomic mass is 16.5. The molecule has 68 valence electrons. The molecule has 1 aliphatic heterocycles. The molecule has 1 aromatic rings. The Bertz CT molecular complexity index is 336. The Labute approximate surface area is 76.0 Å². The van der Waals surface area contributed by atoms with Gasteiger partial charge >= 0.3 is 0 Å². The predicted octanol–water partition coefficient (Wildman–Crippen LogP) is 1.90. The lowest BCUT2D eigenvalue weighted by atomic mass is 10.1. The monoisotopic (exact) mass is 178 g/mol. The molecule has 2 rings (SSSR count). The predicted molar refractivity (Wildman–Crippen MR) is 47.5 cm³/mol. The first-order valence-electron chi connectivity index (χ1n) is 4.22. The molecule has 0 saturated carbocycles. The van der Waals surface area contributed by atoms with Gasteiger partial charge in [-0.3, -0.25) is 4.79 Å². The number of rotatable bonds is 2. The van der Waals surface area contributed by atoms with Gasteiger partial charge < -0.3 is 9.15 Å². The van der Waals surface area contributed by atoms with E-state index in [9.17, 15) is 4.79 Å². The average Bonchev–Trinajstić information content (AvgIpc) is 2.67. The molecule has 0 unspecified atom stereocenters. The second kappa shape index (κ2) is 3.58. The first kappa shape index (κ1) is 8.26. The molecular formula is C10H10O3. The van der Waals surface area contributed by atoms with Crippen molar-refractivity contribution in [3.63, 3.8) is 0 Å². The van der Waals surface area contributed by atoms with Crippen LogP contribution >= 0.6 is 0 Å². The molecule has 0 aromatic carbocycles. The van der Waals surface area contributed by atoms with E-state index in [1.807, 2.05) is 12.1 Å². The van der Waals surface area contributed by atoms with Crippen molar-refractivity contribution in [2.24, 2.45) is 0 Å². The normalized spacial score (nSPS) is 16.8. The molecule has 0 N–H and O–H groups in total. The zero-order chi connectivity index (χ0) is 9.10. The number of carbonyl (C=O) groups excluding carboxylic acids is 1. The van der Waals surface area contributed by atoms with Crippen molar-refractivity contribution in [1.29, 1.82) is 0 Å². The lowest BCUT2D eigenvalue weighted by Gasteiger charge is -2.10. The summed E-state index contributed by atoms with van der Waals surface area (Å²) in [6.45, 7) is 1.36. The van der Waals surface area contributed by atoms with Crippen molar-refractivity contribution < 1.29 is 13.9 Å². The fourth-order valence-electron chi connectivity index (χ4n) is 1.34. The van der Waals surface area contributed by atoms with Gasteiger partial charge in [-0.2, -0.15) is 0 Å². The van der Waals surface area contributed by atoms with Gasteiger partial charge in [0.05, 0.1) is 13.2 Å². The van der Waals surface area contributed by atoms with Gasteiger partial charge in [0.2, 0.25) is 0 Å². The van der Waals surface area contributed by atoms with Gasteiger partial charge in [0.15, 0.2) is 12.0 Å². The molecule has 0 aliphatic carbocycles. The Morgan fingerprint density at radius 1 is 1.38 bits per heavy atom. The van der Waals surface area contributed by atoms with E-state index in [1.165, 1.54) is 0 Å². The van der Waals surface area contributed by atoms with Crippen LogP contribution in [0.15, 0.2) is 22.6 Å². The van der Waals surface area contributed by atoms with Crippen molar-refractivity contribution >= 4 is 11.9 Å². The van der Waals surface area contributed by atoms with Crippen molar-refractivity contribution in [1.82, 2.24) is 0 Å². The van der Waals surface area contributed by atoms with Gasteiger partial charge in [-0.25, -0.2) is 0 Å². The molecule has 0 radical (unpaired) electrons. The largest absolute Gasteiger partial charge is 0.454 e. The maximum atomic E-state index is 10.4. The third kappa shape index (κ3) is 1.70. The van der Waals surface area contributed by atoms with Crippen LogP contribution in [-0.4, -0.2) is 19.5 Å². The van der Waals surface area contributed by atoms with Gasteiger partial charge in [0.25, 0.3) is 0 Å². The highest BCUT2D eigenvalue weighted by Crippen LogP contribution is 2.22. The minimum atomic E-state index is 0.377. The van der Waals surface area contributed by atoms with Crippen LogP contribution in [0.3, 0.4) is 0 Å². The second-order valence-corrected chi connectivity index (χ2v) is 2.87. The summed E-state index contributed by atoms with van der Waals surface area (Å²) in [7, 11) is 0. The molecule has 2 heterocycles. The van der Waals surface area contributed by atoms with E-state index >= 15 is 0 Å². The Hall–Kier alpha value is -1.35. The van der Waals surface area contributed by atoms with E-state index in [0.717, 1.165) is 24.4 Å². The molecule has 3 nitrogen and oxygen atoms in total. The first-order chi connectivity index (χ1) is 6.40. The van der Waals surface area contributed by atoms with Crippen LogP contribution < -0.4 is 0 Å². The molecule has 3 heteroatoms. The van der Waals surface area contributed by atoms with Gasteiger partial charge in [0.1, 0.15) is 5.76 Å². The van der Waals surface area contributed by atoms with Crippen LogP contribution in [-0.2, 0) is 4.74 Å². The first-order valence-corrected chi connectivity index (χ1v) is 4.22. The maximum absolute atomic E-state index is 10.4. The van der Waals surface area contributed by atoms with E-state index in [1.54, 1.807) is 6.07 Å². The molecule has 0 spiro atoms. The van der Waals surface area contributed by atoms with Crippen molar-refractivity contribution in [3.8, 4) is 0 Å². The number of hydrogen-bond acceptors (Lipinski definition) is 3. The zero-order valence-corrected chi connectivity index (χ0v) is 7.16. The highest BCUT2D eigenvalue weighted by molar-refractivity contribution is 5.72. The summed E-state index contributed by atoms with van der Waals surface area (Å²) in [5.41, 5.74) is 1.12. The molecule has 1 aliphatic rings. The van der Waals surface area contributed by atoms with Crippen molar-refractivity contribution in [2.75, 3.05) is 13.2 Å². The van der Waals surface area contributed by atoms with E-state index in [0.29, 0.717) is 18.7 Å². The van der Waals surface area contributed by atoms with E-state index < -0.39 is 0 Å². The molecule has 0 atom stereocenters. The second-order valence-electron chi connectivity index (χ2n) is 2.87. The highest BCUT2D eigenvalue weighted by Gasteiger charge is 2.09. The average molecular weight is 178 g/mol. The van der Waals surface area contributed by atoms with Gasteiger partial charge in [-0.1, -0.05) is 6.08 Å².